The fraction of sp³-hybridized carbons (Fsp3) is 0.421. The van der Waals surface area contributed by atoms with E-state index >= 15 is 0 Å². The molecule has 4 heteroatoms. The van der Waals surface area contributed by atoms with Gasteiger partial charge in [-0.15, -0.1) is 0 Å². The first-order valence-corrected chi connectivity index (χ1v) is 7.86. The Morgan fingerprint density at radius 2 is 1.91 bits per heavy atom. The largest absolute Gasteiger partial charge is 0.493 e. The number of esters is 1. The average molecular weight is 316 g/mol. The number of hydrogen-bond acceptors (Lipinski definition) is 4. The lowest BCUT2D eigenvalue weighted by atomic mass is 9.85. The molecule has 1 aromatic carbocycles. The zero-order valence-electron chi connectivity index (χ0n) is 14.0. The number of hydrogen-bond donors (Lipinski definition) is 0. The van der Waals surface area contributed by atoms with Crippen LogP contribution in [0.5, 0.6) is 11.5 Å². The summed E-state index contributed by atoms with van der Waals surface area (Å²) in [6.07, 6.45) is 9.56. The van der Waals surface area contributed by atoms with Gasteiger partial charge in [0.1, 0.15) is 0 Å². The molecule has 0 heterocycles. The SMILES string of the molecule is COc1ccc(/C=C/C(=O)OCC2CC=CCC2C)cc1OC. The second-order valence-corrected chi connectivity index (χ2v) is 5.76. The fourth-order valence-electron chi connectivity index (χ4n) is 2.60. The normalized spacial score (nSPS) is 20.5. The molecule has 23 heavy (non-hydrogen) atoms. The lowest BCUT2D eigenvalue weighted by Gasteiger charge is -2.24. The van der Waals surface area contributed by atoms with E-state index in [1.807, 2.05) is 12.1 Å². The van der Waals surface area contributed by atoms with Gasteiger partial charge >= 0.3 is 5.97 Å². The predicted molar refractivity (Wildman–Crippen MR) is 90.6 cm³/mol. The van der Waals surface area contributed by atoms with Gasteiger partial charge in [-0.25, -0.2) is 4.79 Å². The van der Waals surface area contributed by atoms with Crippen LogP contribution in [0.4, 0.5) is 0 Å². The molecule has 1 aliphatic carbocycles. The summed E-state index contributed by atoms with van der Waals surface area (Å²) < 4.78 is 15.8. The van der Waals surface area contributed by atoms with Crippen molar-refractivity contribution < 1.29 is 19.0 Å². The van der Waals surface area contributed by atoms with Crippen LogP contribution in [0, 0.1) is 11.8 Å². The zero-order chi connectivity index (χ0) is 16.7. The van der Waals surface area contributed by atoms with Crippen LogP contribution in [0.3, 0.4) is 0 Å². The lowest BCUT2D eigenvalue weighted by Crippen LogP contribution is -2.21. The second kappa shape index (κ2) is 8.42. The van der Waals surface area contributed by atoms with Gasteiger partial charge in [-0.3, -0.25) is 0 Å². The number of benzene rings is 1. The third kappa shape index (κ3) is 4.88. The lowest BCUT2D eigenvalue weighted by molar-refractivity contribution is -0.139. The molecular weight excluding hydrogens is 292 g/mol. The van der Waals surface area contributed by atoms with Crippen LogP contribution in [0.2, 0.25) is 0 Å². The van der Waals surface area contributed by atoms with Crippen LogP contribution in [0.15, 0.2) is 36.4 Å². The summed E-state index contributed by atoms with van der Waals surface area (Å²) in [6.45, 7) is 2.67. The Balaban J connectivity index is 1.89. The number of allylic oxidation sites excluding steroid dienone is 2. The van der Waals surface area contributed by atoms with Crippen molar-refractivity contribution in [1.29, 1.82) is 0 Å². The molecule has 0 aliphatic heterocycles. The van der Waals surface area contributed by atoms with E-state index < -0.39 is 0 Å². The number of ether oxygens (including phenoxy) is 3. The van der Waals surface area contributed by atoms with Crippen LogP contribution < -0.4 is 9.47 Å². The summed E-state index contributed by atoms with van der Waals surface area (Å²) in [7, 11) is 3.17. The van der Waals surface area contributed by atoms with Gasteiger partial charge in [0.25, 0.3) is 0 Å². The Kier molecular flexibility index (Phi) is 6.27. The first kappa shape index (κ1) is 17.1. The van der Waals surface area contributed by atoms with E-state index in [1.54, 1.807) is 26.4 Å². The molecule has 0 fully saturated rings. The Labute approximate surface area is 137 Å². The van der Waals surface area contributed by atoms with Crippen LogP contribution in [-0.2, 0) is 9.53 Å². The second-order valence-electron chi connectivity index (χ2n) is 5.76. The molecule has 124 valence electrons. The standard InChI is InChI=1S/C19H24O4/c1-14-6-4-5-7-16(14)13-23-19(20)11-9-15-8-10-17(21-2)18(12-15)22-3/h4-5,8-12,14,16H,6-7,13H2,1-3H3/b11-9+. The van der Waals surface area contributed by atoms with Crippen molar-refractivity contribution >= 4 is 12.0 Å². The van der Waals surface area contributed by atoms with Crippen molar-refractivity contribution in [3.05, 3.63) is 42.0 Å². The zero-order valence-corrected chi connectivity index (χ0v) is 14.0. The van der Waals surface area contributed by atoms with Gasteiger partial charge < -0.3 is 14.2 Å². The summed E-state index contributed by atoms with van der Waals surface area (Å²) in [5, 5.41) is 0. The van der Waals surface area contributed by atoms with Crippen LogP contribution in [-0.4, -0.2) is 26.8 Å². The van der Waals surface area contributed by atoms with Gasteiger partial charge in [-0.2, -0.15) is 0 Å². The maximum atomic E-state index is 11.9. The molecular formula is C19H24O4. The monoisotopic (exact) mass is 316 g/mol. The molecule has 0 aromatic heterocycles. The molecule has 0 N–H and O–H groups in total. The smallest absolute Gasteiger partial charge is 0.330 e. The molecule has 4 nitrogen and oxygen atoms in total. The van der Waals surface area contributed by atoms with E-state index in [1.165, 1.54) is 6.08 Å². The van der Waals surface area contributed by atoms with Crippen LogP contribution in [0.25, 0.3) is 6.08 Å². The Hall–Kier alpha value is -2.23. The van der Waals surface area contributed by atoms with Crippen LogP contribution in [0.1, 0.15) is 25.3 Å². The summed E-state index contributed by atoms with van der Waals surface area (Å²) in [6, 6.07) is 5.48. The topological polar surface area (TPSA) is 44.8 Å². The highest BCUT2D eigenvalue weighted by atomic mass is 16.5. The summed E-state index contributed by atoms with van der Waals surface area (Å²) >= 11 is 0. The summed E-state index contributed by atoms with van der Waals surface area (Å²) in [5.41, 5.74) is 0.855. The van der Waals surface area contributed by atoms with Crippen LogP contribution >= 0.6 is 0 Å². The molecule has 2 atom stereocenters. The quantitative estimate of drug-likeness (QED) is 0.454. The molecule has 1 aromatic rings. The van der Waals surface area contributed by atoms with Gasteiger partial charge in [0, 0.05) is 6.08 Å². The first-order valence-electron chi connectivity index (χ1n) is 7.86. The molecule has 0 radical (unpaired) electrons. The number of rotatable bonds is 6. The minimum absolute atomic E-state index is 0.318. The highest BCUT2D eigenvalue weighted by molar-refractivity contribution is 5.87. The molecule has 0 bridgehead atoms. The van der Waals surface area contributed by atoms with Gasteiger partial charge in [-0.05, 0) is 48.4 Å². The van der Waals surface area contributed by atoms with E-state index in [-0.39, 0.29) is 5.97 Å². The Morgan fingerprint density at radius 1 is 1.17 bits per heavy atom. The third-order valence-corrected chi connectivity index (χ3v) is 4.18. The molecule has 0 saturated carbocycles. The highest BCUT2D eigenvalue weighted by Gasteiger charge is 2.19. The van der Waals surface area contributed by atoms with Gasteiger partial charge in [0.2, 0.25) is 0 Å². The molecule has 1 aliphatic rings. The highest BCUT2D eigenvalue weighted by Crippen LogP contribution is 2.28. The minimum atomic E-state index is -0.318. The van der Waals surface area contributed by atoms with E-state index in [2.05, 4.69) is 19.1 Å². The van der Waals surface area contributed by atoms with Gasteiger partial charge in [-0.1, -0.05) is 25.1 Å². The predicted octanol–water partition coefficient (Wildman–Crippen LogP) is 3.86. The summed E-state index contributed by atoms with van der Waals surface area (Å²) in [5.74, 6) is 1.94. The fourth-order valence-corrected chi connectivity index (χ4v) is 2.60. The Bertz CT molecular complexity index is 589. The third-order valence-electron chi connectivity index (χ3n) is 4.18. The van der Waals surface area contributed by atoms with E-state index in [0.29, 0.717) is 29.9 Å². The van der Waals surface area contributed by atoms with Crippen molar-refractivity contribution in [3.8, 4) is 11.5 Å². The maximum absolute atomic E-state index is 11.9. The number of carbonyl (C=O) groups is 1. The Morgan fingerprint density at radius 3 is 2.61 bits per heavy atom. The number of carbonyl (C=O) groups excluding carboxylic acids is 1. The minimum Gasteiger partial charge on any atom is -0.493 e. The number of methoxy groups -OCH3 is 2. The first-order chi connectivity index (χ1) is 11.1. The van der Waals surface area contributed by atoms with E-state index in [9.17, 15) is 4.79 Å². The van der Waals surface area contributed by atoms with Gasteiger partial charge in [0.05, 0.1) is 20.8 Å². The van der Waals surface area contributed by atoms with Crippen molar-refractivity contribution in [2.24, 2.45) is 11.8 Å². The van der Waals surface area contributed by atoms with Crippen molar-refractivity contribution in [2.45, 2.75) is 19.8 Å². The summed E-state index contributed by atoms with van der Waals surface area (Å²) in [4.78, 5) is 11.9. The van der Waals surface area contributed by atoms with Crippen molar-refractivity contribution in [3.63, 3.8) is 0 Å². The van der Waals surface area contributed by atoms with E-state index in [0.717, 1.165) is 18.4 Å². The van der Waals surface area contributed by atoms with Crippen molar-refractivity contribution in [2.75, 3.05) is 20.8 Å². The molecule has 2 rings (SSSR count). The molecule has 0 spiro atoms. The van der Waals surface area contributed by atoms with E-state index in [4.69, 9.17) is 14.2 Å². The molecule has 0 amide bonds. The van der Waals surface area contributed by atoms with Gasteiger partial charge in [0.15, 0.2) is 11.5 Å². The molecule has 2 unspecified atom stereocenters. The van der Waals surface area contributed by atoms with Crippen molar-refractivity contribution in [1.82, 2.24) is 0 Å². The molecule has 0 saturated heterocycles. The maximum Gasteiger partial charge on any atom is 0.330 e. The average Bonchev–Trinajstić information content (AvgIpc) is 2.58.